The van der Waals surface area contributed by atoms with E-state index in [0.29, 0.717) is 13.2 Å². The molecule has 16 heavy (non-hydrogen) atoms. The van der Waals surface area contributed by atoms with Crippen LogP contribution in [0.2, 0.25) is 0 Å². The van der Waals surface area contributed by atoms with Gasteiger partial charge in [-0.25, -0.2) is 0 Å². The summed E-state index contributed by atoms with van der Waals surface area (Å²) in [6, 6.07) is 0. The number of carbonyl (C=O) groups excluding carboxylic acids is 1. The second kappa shape index (κ2) is 8.27. The summed E-state index contributed by atoms with van der Waals surface area (Å²) in [7, 11) is 0. The molecule has 0 bridgehead atoms. The van der Waals surface area contributed by atoms with Crippen LogP contribution in [0.4, 0.5) is 0 Å². The molecule has 0 unspecified atom stereocenters. The first-order chi connectivity index (χ1) is 7.86. The van der Waals surface area contributed by atoms with Gasteiger partial charge in [-0.3, -0.25) is 9.69 Å². The second-order valence-corrected chi connectivity index (χ2v) is 3.69. The Kier molecular flexibility index (Phi) is 6.80. The molecule has 0 aromatic carbocycles. The van der Waals surface area contributed by atoms with E-state index in [1.54, 1.807) is 0 Å². The highest BCUT2D eigenvalue weighted by Crippen LogP contribution is 2.01. The fourth-order valence-electron chi connectivity index (χ4n) is 1.65. The zero-order valence-corrected chi connectivity index (χ0v) is 9.55. The first-order valence-electron chi connectivity index (χ1n) is 5.64. The highest BCUT2D eigenvalue weighted by Gasteiger charge is 2.13. The summed E-state index contributed by atoms with van der Waals surface area (Å²) >= 11 is 0. The van der Waals surface area contributed by atoms with Crippen LogP contribution in [0.1, 0.15) is 0 Å². The third kappa shape index (κ3) is 5.25. The van der Waals surface area contributed by atoms with Crippen LogP contribution in [-0.2, 0) is 9.53 Å². The van der Waals surface area contributed by atoms with Crippen LogP contribution in [0.15, 0.2) is 12.3 Å². The molecule has 1 heterocycles. The average Bonchev–Trinajstić information content (AvgIpc) is 2.33. The van der Waals surface area contributed by atoms with E-state index in [0.717, 1.165) is 39.0 Å². The Morgan fingerprint density at radius 3 is 2.56 bits per heavy atom. The van der Waals surface area contributed by atoms with Crippen LogP contribution < -0.4 is 0 Å². The minimum atomic E-state index is 0.0876. The molecule has 5 heteroatoms. The maximum atomic E-state index is 10.2. The number of allylic oxidation sites excluding steroid dienone is 1. The zero-order chi connectivity index (χ0) is 11.6. The smallest absolute Gasteiger partial charge is 0.144 e. The van der Waals surface area contributed by atoms with Gasteiger partial charge in [0.05, 0.1) is 19.8 Å². The van der Waals surface area contributed by atoms with Gasteiger partial charge in [0.2, 0.25) is 0 Å². The largest absolute Gasteiger partial charge is 0.394 e. The molecular formula is C11H20N2O3. The molecule has 0 spiro atoms. The number of ether oxygens (including phenoxy) is 1. The van der Waals surface area contributed by atoms with Gasteiger partial charge in [-0.1, -0.05) is 0 Å². The summed E-state index contributed by atoms with van der Waals surface area (Å²) in [5.74, 6) is 0. The van der Waals surface area contributed by atoms with Crippen molar-refractivity contribution in [3.8, 4) is 0 Å². The van der Waals surface area contributed by atoms with Crippen molar-refractivity contribution in [3.05, 3.63) is 12.3 Å². The monoisotopic (exact) mass is 228 g/mol. The minimum Gasteiger partial charge on any atom is -0.394 e. The maximum absolute atomic E-state index is 10.2. The third-order valence-corrected chi connectivity index (χ3v) is 2.57. The van der Waals surface area contributed by atoms with E-state index in [1.165, 1.54) is 6.08 Å². The minimum absolute atomic E-state index is 0.0876. The molecule has 0 aliphatic carbocycles. The molecule has 1 aliphatic heterocycles. The van der Waals surface area contributed by atoms with Gasteiger partial charge in [-0.15, -0.1) is 0 Å². The molecule has 0 saturated carbocycles. The standard InChI is InChI=1S/C11H20N2O3/c14-8-1-2-12-3-5-13(6-4-12)7-10-16-11-9-15/h1-2,8,15H,3-7,9-11H2. The first kappa shape index (κ1) is 13.2. The van der Waals surface area contributed by atoms with Gasteiger partial charge in [-0.2, -0.15) is 0 Å². The molecule has 0 radical (unpaired) electrons. The Bertz CT molecular complexity index is 213. The molecule has 5 nitrogen and oxygen atoms in total. The molecule has 1 N–H and O–H groups in total. The Morgan fingerprint density at radius 1 is 1.19 bits per heavy atom. The Balaban J connectivity index is 2.07. The number of carbonyl (C=O) groups is 1. The van der Waals surface area contributed by atoms with Gasteiger partial charge in [0.15, 0.2) is 0 Å². The first-order valence-corrected chi connectivity index (χ1v) is 5.64. The lowest BCUT2D eigenvalue weighted by molar-refractivity contribution is -0.104. The summed E-state index contributed by atoms with van der Waals surface area (Å²) in [5, 5.41) is 8.54. The predicted molar refractivity (Wildman–Crippen MR) is 61.1 cm³/mol. The molecule has 0 aromatic rings. The normalized spacial score (nSPS) is 18.2. The number of hydrogen-bond acceptors (Lipinski definition) is 5. The zero-order valence-electron chi connectivity index (χ0n) is 9.55. The number of aldehydes is 1. The van der Waals surface area contributed by atoms with Crippen LogP contribution >= 0.6 is 0 Å². The van der Waals surface area contributed by atoms with Gasteiger partial charge in [0.1, 0.15) is 6.29 Å². The highest BCUT2D eigenvalue weighted by molar-refractivity contribution is 5.64. The van der Waals surface area contributed by atoms with Crippen LogP contribution in [-0.4, -0.2) is 73.7 Å². The SMILES string of the molecule is O=CC=CN1CCN(CCOCCO)CC1. The molecule has 0 amide bonds. The van der Waals surface area contributed by atoms with Crippen molar-refractivity contribution in [1.82, 2.24) is 9.80 Å². The number of aliphatic hydroxyl groups excluding tert-OH is 1. The van der Waals surface area contributed by atoms with Crippen LogP contribution in [0, 0.1) is 0 Å². The number of rotatable bonds is 7. The Labute approximate surface area is 96.3 Å². The third-order valence-electron chi connectivity index (χ3n) is 2.57. The van der Waals surface area contributed by atoms with Crippen molar-refractivity contribution in [2.45, 2.75) is 0 Å². The van der Waals surface area contributed by atoms with E-state index < -0.39 is 0 Å². The number of hydrogen-bond donors (Lipinski definition) is 1. The van der Waals surface area contributed by atoms with Crippen molar-refractivity contribution in [1.29, 1.82) is 0 Å². The number of nitrogens with zero attached hydrogens (tertiary/aromatic N) is 2. The van der Waals surface area contributed by atoms with Crippen molar-refractivity contribution in [2.75, 3.05) is 52.5 Å². The predicted octanol–water partition coefficient (Wildman–Crippen LogP) is -0.674. The summed E-state index contributed by atoms with van der Waals surface area (Å²) in [6.07, 6.45) is 4.17. The molecule has 92 valence electrons. The molecule has 0 aromatic heterocycles. The van der Waals surface area contributed by atoms with Gasteiger partial charge in [0, 0.05) is 38.9 Å². The fourth-order valence-corrected chi connectivity index (χ4v) is 1.65. The van der Waals surface area contributed by atoms with Crippen LogP contribution in [0.25, 0.3) is 0 Å². The quantitative estimate of drug-likeness (QED) is 0.356. The molecule has 1 aliphatic rings. The van der Waals surface area contributed by atoms with Crippen molar-refractivity contribution >= 4 is 6.29 Å². The van der Waals surface area contributed by atoms with E-state index in [4.69, 9.17) is 9.84 Å². The summed E-state index contributed by atoms with van der Waals surface area (Å²) < 4.78 is 5.21. The number of piperazine rings is 1. The summed E-state index contributed by atoms with van der Waals surface area (Å²) in [4.78, 5) is 14.6. The van der Waals surface area contributed by atoms with E-state index in [-0.39, 0.29) is 6.61 Å². The van der Waals surface area contributed by atoms with Crippen LogP contribution in [0.3, 0.4) is 0 Å². The topological polar surface area (TPSA) is 53.0 Å². The Hall–Kier alpha value is -0.910. The Morgan fingerprint density at radius 2 is 1.94 bits per heavy atom. The number of aliphatic hydroxyl groups is 1. The van der Waals surface area contributed by atoms with E-state index in [2.05, 4.69) is 9.80 Å². The average molecular weight is 228 g/mol. The van der Waals surface area contributed by atoms with Crippen molar-refractivity contribution < 1.29 is 14.6 Å². The lowest BCUT2D eigenvalue weighted by Gasteiger charge is -2.33. The van der Waals surface area contributed by atoms with E-state index >= 15 is 0 Å². The van der Waals surface area contributed by atoms with E-state index in [1.807, 2.05) is 6.20 Å². The maximum Gasteiger partial charge on any atom is 0.144 e. The van der Waals surface area contributed by atoms with Gasteiger partial charge >= 0.3 is 0 Å². The van der Waals surface area contributed by atoms with Gasteiger partial charge in [0.25, 0.3) is 0 Å². The summed E-state index contributed by atoms with van der Waals surface area (Å²) in [6.45, 7) is 5.97. The lowest BCUT2D eigenvalue weighted by atomic mass is 10.3. The lowest BCUT2D eigenvalue weighted by Crippen LogP contribution is -2.45. The highest BCUT2D eigenvalue weighted by atomic mass is 16.5. The summed E-state index contributed by atoms with van der Waals surface area (Å²) in [5.41, 5.74) is 0. The molecule has 1 fully saturated rings. The molecule has 1 saturated heterocycles. The second-order valence-electron chi connectivity index (χ2n) is 3.69. The fraction of sp³-hybridized carbons (Fsp3) is 0.727. The van der Waals surface area contributed by atoms with Crippen molar-refractivity contribution in [2.24, 2.45) is 0 Å². The molecular weight excluding hydrogens is 208 g/mol. The van der Waals surface area contributed by atoms with Crippen molar-refractivity contribution in [3.63, 3.8) is 0 Å². The molecule has 1 rings (SSSR count). The van der Waals surface area contributed by atoms with E-state index in [9.17, 15) is 4.79 Å². The van der Waals surface area contributed by atoms with Gasteiger partial charge in [-0.05, 0) is 6.08 Å². The van der Waals surface area contributed by atoms with Gasteiger partial charge < -0.3 is 14.7 Å². The van der Waals surface area contributed by atoms with Crippen LogP contribution in [0.5, 0.6) is 0 Å². The molecule has 0 atom stereocenters.